The Morgan fingerprint density at radius 2 is 2.06 bits per heavy atom. The molecule has 1 nitrogen and oxygen atoms in total. The van der Waals surface area contributed by atoms with Crippen molar-refractivity contribution < 1.29 is 4.39 Å². The summed E-state index contributed by atoms with van der Waals surface area (Å²) in [6.45, 7) is 6.90. The highest BCUT2D eigenvalue weighted by atomic mass is 19.1. The van der Waals surface area contributed by atoms with Crippen molar-refractivity contribution in [1.82, 2.24) is 0 Å². The Hall–Kier alpha value is -1.05. The minimum Gasteiger partial charge on any atom is -0.382 e. The van der Waals surface area contributed by atoms with Crippen LogP contribution in [0.5, 0.6) is 0 Å². The molecule has 1 saturated carbocycles. The third-order valence-corrected chi connectivity index (χ3v) is 4.20. The molecule has 0 saturated heterocycles. The highest BCUT2D eigenvalue weighted by Gasteiger charge is 2.30. The maximum absolute atomic E-state index is 13.2. The van der Waals surface area contributed by atoms with Gasteiger partial charge in [0, 0.05) is 11.7 Å². The van der Waals surface area contributed by atoms with Gasteiger partial charge in [-0.1, -0.05) is 33.3 Å². The molecule has 100 valence electrons. The Balaban J connectivity index is 2.08. The number of benzene rings is 1. The number of rotatable bonds is 3. The number of hydrogen-bond donors (Lipinski definition) is 1. The van der Waals surface area contributed by atoms with E-state index < -0.39 is 0 Å². The molecule has 1 aliphatic rings. The first-order valence-corrected chi connectivity index (χ1v) is 7.08. The predicted octanol–water partition coefficient (Wildman–Crippen LogP) is 4.70. The largest absolute Gasteiger partial charge is 0.382 e. The summed E-state index contributed by atoms with van der Waals surface area (Å²) in [4.78, 5) is 0. The van der Waals surface area contributed by atoms with Crippen molar-refractivity contribution in [3.8, 4) is 0 Å². The molecule has 0 radical (unpaired) electrons. The van der Waals surface area contributed by atoms with Crippen LogP contribution in [0.1, 0.15) is 40.0 Å². The zero-order valence-corrected chi connectivity index (χ0v) is 11.6. The van der Waals surface area contributed by atoms with Gasteiger partial charge >= 0.3 is 0 Å². The Morgan fingerprint density at radius 1 is 1.28 bits per heavy atom. The van der Waals surface area contributed by atoms with Gasteiger partial charge in [0.2, 0.25) is 0 Å². The summed E-state index contributed by atoms with van der Waals surface area (Å²) in [7, 11) is 0. The summed E-state index contributed by atoms with van der Waals surface area (Å²) in [6.07, 6.45) is 3.80. The second-order valence-corrected chi connectivity index (χ2v) is 6.09. The van der Waals surface area contributed by atoms with Gasteiger partial charge < -0.3 is 5.32 Å². The Morgan fingerprint density at radius 3 is 2.72 bits per heavy atom. The molecule has 1 fully saturated rings. The van der Waals surface area contributed by atoms with Gasteiger partial charge in [0.15, 0.2) is 0 Å². The van der Waals surface area contributed by atoms with E-state index in [2.05, 4.69) is 26.1 Å². The third kappa shape index (κ3) is 3.24. The van der Waals surface area contributed by atoms with Crippen molar-refractivity contribution in [2.24, 2.45) is 17.8 Å². The van der Waals surface area contributed by atoms with Crippen LogP contribution in [0.4, 0.5) is 10.1 Å². The minimum atomic E-state index is -0.162. The molecule has 0 aromatic heterocycles. The maximum atomic E-state index is 13.2. The molecule has 3 unspecified atom stereocenters. The SMILES string of the molecule is CC1CCC(C(C)C)C(Nc2cccc(F)c2)C1. The van der Waals surface area contributed by atoms with Gasteiger partial charge in [0.1, 0.15) is 5.82 Å². The Kier molecular flexibility index (Phi) is 4.26. The zero-order chi connectivity index (χ0) is 13.1. The van der Waals surface area contributed by atoms with Crippen LogP contribution in [0.25, 0.3) is 0 Å². The van der Waals surface area contributed by atoms with E-state index in [1.807, 2.05) is 6.07 Å². The lowest BCUT2D eigenvalue weighted by molar-refractivity contribution is 0.212. The van der Waals surface area contributed by atoms with E-state index in [0.717, 1.165) is 11.6 Å². The molecule has 3 atom stereocenters. The Labute approximate surface area is 110 Å². The summed E-state index contributed by atoms with van der Waals surface area (Å²) in [5.41, 5.74) is 0.916. The lowest BCUT2D eigenvalue weighted by Crippen LogP contribution is -2.37. The molecule has 0 aliphatic heterocycles. The van der Waals surface area contributed by atoms with Crippen molar-refractivity contribution in [3.05, 3.63) is 30.1 Å². The third-order valence-electron chi connectivity index (χ3n) is 4.20. The fourth-order valence-corrected chi connectivity index (χ4v) is 3.16. The smallest absolute Gasteiger partial charge is 0.125 e. The van der Waals surface area contributed by atoms with E-state index in [-0.39, 0.29) is 5.82 Å². The van der Waals surface area contributed by atoms with Gasteiger partial charge in [-0.15, -0.1) is 0 Å². The molecule has 1 aliphatic carbocycles. The molecular formula is C16H24FN. The fourth-order valence-electron chi connectivity index (χ4n) is 3.16. The number of nitrogens with one attached hydrogen (secondary N) is 1. The van der Waals surface area contributed by atoms with E-state index in [4.69, 9.17) is 0 Å². The summed E-state index contributed by atoms with van der Waals surface area (Å²) in [6, 6.07) is 7.30. The highest BCUT2D eigenvalue weighted by molar-refractivity contribution is 5.44. The molecule has 0 spiro atoms. The van der Waals surface area contributed by atoms with Gasteiger partial charge in [0.25, 0.3) is 0 Å². The Bertz CT molecular complexity index is 388. The molecule has 1 N–H and O–H groups in total. The van der Waals surface area contributed by atoms with Crippen LogP contribution in [0.3, 0.4) is 0 Å². The molecule has 1 aromatic carbocycles. The average molecular weight is 249 g/mol. The summed E-state index contributed by atoms with van der Waals surface area (Å²) in [5, 5.41) is 3.54. The number of hydrogen-bond acceptors (Lipinski definition) is 1. The van der Waals surface area contributed by atoms with Crippen LogP contribution < -0.4 is 5.32 Å². The second-order valence-electron chi connectivity index (χ2n) is 6.09. The molecule has 1 aromatic rings. The first-order chi connectivity index (χ1) is 8.56. The molecule has 2 heteroatoms. The predicted molar refractivity (Wildman–Crippen MR) is 75.2 cm³/mol. The molecule has 0 amide bonds. The monoisotopic (exact) mass is 249 g/mol. The van der Waals surface area contributed by atoms with Crippen molar-refractivity contribution >= 4 is 5.69 Å². The van der Waals surface area contributed by atoms with Crippen LogP contribution in [0, 0.1) is 23.6 Å². The maximum Gasteiger partial charge on any atom is 0.125 e. The van der Waals surface area contributed by atoms with Crippen molar-refractivity contribution in [1.29, 1.82) is 0 Å². The van der Waals surface area contributed by atoms with E-state index >= 15 is 0 Å². The number of anilines is 1. The van der Waals surface area contributed by atoms with Gasteiger partial charge in [0.05, 0.1) is 0 Å². The average Bonchev–Trinajstić information content (AvgIpc) is 2.28. The quantitative estimate of drug-likeness (QED) is 0.819. The van der Waals surface area contributed by atoms with Crippen molar-refractivity contribution in [2.75, 3.05) is 5.32 Å². The first-order valence-electron chi connectivity index (χ1n) is 7.08. The van der Waals surface area contributed by atoms with Gasteiger partial charge in [-0.05, 0) is 48.8 Å². The van der Waals surface area contributed by atoms with E-state index in [9.17, 15) is 4.39 Å². The van der Waals surface area contributed by atoms with E-state index in [1.165, 1.54) is 25.3 Å². The van der Waals surface area contributed by atoms with Crippen molar-refractivity contribution in [3.63, 3.8) is 0 Å². The topological polar surface area (TPSA) is 12.0 Å². The normalized spacial score (nSPS) is 28.4. The van der Waals surface area contributed by atoms with Crippen LogP contribution in [0.2, 0.25) is 0 Å². The van der Waals surface area contributed by atoms with E-state index in [1.54, 1.807) is 12.1 Å². The fraction of sp³-hybridized carbons (Fsp3) is 0.625. The standard InChI is InChI=1S/C16H24FN/c1-11(2)15-8-7-12(3)9-16(15)18-14-6-4-5-13(17)10-14/h4-6,10-12,15-16,18H,7-9H2,1-3H3. The van der Waals surface area contributed by atoms with Gasteiger partial charge in [-0.3, -0.25) is 0 Å². The summed E-state index contributed by atoms with van der Waals surface area (Å²) in [5.74, 6) is 1.99. The molecule has 0 bridgehead atoms. The summed E-state index contributed by atoms with van der Waals surface area (Å²) < 4.78 is 13.2. The minimum absolute atomic E-state index is 0.162. The zero-order valence-electron chi connectivity index (χ0n) is 11.6. The van der Waals surface area contributed by atoms with Crippen LogP contribution in [0.15, 0.2) is 24.3 Å². The lowest BCUT2D eigenvalue weighted by atomic mass is 9.74. The van der Waals surface area contributed by atoms with Gasteiger partial charge in [-0.2, -0.15) is 0 Å². The van der Waals surface area contributed by atoms with Crippen LogP contribution >= 0.6 is 0 Å². The molecule has 18 heavy (non-hydrogen) atoms. The van der Waals surface area contributed by atoms with E-state index in [0.29, 0.717) is 17.9 Å². The summed E-state index contributed by atoms with van der Waals surface area (Å²) >= 11 is 0. The first kappa shape index (κ1) is 13.4. The van der Waals surface area contributed by atoms with Crippen molar-refractivity contribution in [2.45, 2.75) is 46.1 Å². The second kappa shape index (κ2) is 5.73. The highest BCUT2D eigenvalue weighted by Crippen LogP contribution is 2.35. The molecule has 2 rings (SSSR count). The molecule has 0 heterocycles. The van der Waals surface area contributed by atoms with Crippen LogP contribution in [-0.4, -0.2) is 6.04 Å². The number of halogens is 1. The van der Waals surface area contributed by atoms with Crippen LogP contribution in [-0.2, 0) is 0 Å². The van der Waals surface area contributed by atoms with Gasteiger partial charge in [-0.25, -0.2) is 4.39 Å². The lowest BCUT2D eigenvalue weighted by Gasteiger charge is -2.38. The molecular weight excluding hydrogens is 225 g/mol.